The number of amides is 2. The maximum Gasteiger partial charge on any atom is 0.302 e. The highest BCUT2D eigenvalue weighted by Crippen LogP contribution is 2.04. The molecular formula is C4H3N3O2. The second-order valence-corrected chi connectivity index (χ2v) is 1.43. The van der Waals surface area contributed by atoms with E-state index in [-0.39, 0.29) is 5.57 Å². The quantitative estimate of drug-likeness (QED) is 0.472. The highest BCUT2D eigenvalue weighted by Gasteiger charge is 2.17. The van der Waals surface area contributed by atoms with Crippen molar-refractivity contribution in [3.8, 4) is 0 Å². The lowest BCUT2D eigenvalue weighted by atomic mass is 10.3. The summed E-state index contributed by atoms with van der Waals surface area (Å²) in [6.07, 6.45) is 1.05. The average molecular weight is 125 g/mol. The van der Waals surface area contributed by atoms with Gasteiger partial charge in [-0.15, -0.1) is 5.11 Å². The fourth-order valence-electron chi connectivity index (χ4n) is 0.417. The summed E-state index contributed by atoms with van der Waals surface area (Å²) in [5, 5.41) is 6.21. The molecule has 0 aromatic carbocycles. The third-order valence-electron chi connectivity index (χ3n) is 0.831. The molecule has 0 spiro atoms. The monoisotopic (exact) mass is 125 g/mol. The number of primary amides is 1. The summed E-state index contributed by atoms with van der Waals surface area (Å²) in [5.41, 5.74) is 4.58. The SMILES string of the molecule is NC(=O)C1=CN=NC1=O. The number of carbonyl (C=O) groups excluding carboxylic acids is 2. The molecule has 2 N–H and O–H groups in total. The lowest BCUT2D eigenvalue weighted by molar-refractivity contribution is -0.120. The molecule has 1 rings (SSSR count). The zero-order chi connectivity index (χ0) is 6.85. The fourth-order valence-corrected chi connectivity index (χ4v) is 0.417. The average Bonchev–Trinajstić information content (AvgIpc) is 2.13. The van der Waals surface area contributed by atoms with E-state index in [2.05, 4.69) is 10.2 Å². The van der Waals surface area contributed by atoms with Gasteiger partial charge in [-0.2, -0.15) is 5.11 Å². The molecule has 5 heteroatoms. The maximum absolute atomic E-state index is 10.4. The van der Waals surface area contributed by atoms with Crippen LogP contribution in [0.25, 0.3) is 0 Å². The van der Waals surface area contributed by atoms with Gasteiger partial charge in [0, 0.05) is 0 Å². The number of rotatable bonds is 1. The van der Waals surface area contributed by atoms with Crippen molar-refractivity contribution in [2.75, 3.05) is 0 Å². The lowest BCUT2D eigenvalue weighted by Crippen LogP contribution is -2.17. The fraction of sp³-hybridized carbons (Fsp3) is 0. The summed E-state index contributed by atoms with van der Waals surface area (Å²) in [7, 11) is 0. The standard InChI is InChI=1S/C4H3N3O2/c5-3(8)2-1-6-7-4(2)9/h1H,(H2,5,8). The summed E-state index contributed by atoms with van der Waals surface area (Å²) < 4.78 is 0. The van der Waals surface area contributed by atoms with Crippen LogP contribution in [0.15, 0.2) is 22.0 Å². The van der Waals surface area contributed by atoms with Crippen LogP contribution >= 0.6 is 0 Å². The van der Waals surface area contributed by atoms with E-state index in [0.29, 0.717) is 0 Å². The first kappa shape index (κ1) is 5.61. The first-order valence-electron chi connectivity index (χ1n) is 2.17. The van der Waals surface area contributed by atoms with E-state index in [1.807, 2.05) is 0 Å². The summed E-state index contributed by atoms with van der Waals surface area (Å²) in [5.74, 6) is -1.45. The van der Waals surface area contributed by atoms with Crippen LogP contribution in [-0.2, 0) is 9.59 Å². The van der Waals surface area contributed by atoms with Crippen molar-refractivity contribution < 1.29 is 9.59 Å². The van der Waals surface area contributed by atoms with Gasteiger partial charge >= 0.3 is 5.91 Å². The molecule has 0 unspecified atom stereocenters. The molecule has 9 heavy (non-hydrogen) atoms. The van der Waals surface area contributed by atoms with E-state index in [4.69, 9.17) is 5.73 Å². The maximum atomic E-state index is 10.4. The minimum absolute atomic E-state index is 0.157. The van der Waals surface area contributed by atoms with Gasteiger partial charge in [-0.05, 0) is 0 Å². The second kappa shape index (κ2) is 1.77. The van der Waals surface area contributed by atoms with Crippen molar-refractivity contribution in [1.82, 2.24) is 0 Å². The van der Waals surface area contributed by atoms with Crippen LogP contribution in [-0.4, -0.2) is 11.8 Å². The molecular weight excluding hydrogens is 122 g/mol. The Bertz CT molecular complexity index is 228. The Morgan fingerprint density at radius 1 is 1.67 bits per heavy atom. The van der Waals surface area contributed by atoms with E-state index in [0.717, 1.165) is 6.20 Å². The molecule has 1 aliphatic heterocycles. The molecule has 0 aromatic rings. The van der Waals surface area contributed by atoms with Gasteiger partial charge in [0.2, 0.25) is 0 Å². The zero-order valence-electron chi connectivity index (χ0n) is 4.37. The topological polar surface area (TPSA) is 84.9 Å². The first-order chi connectivity index (χ1) is 4.22. The van der Waals surface area contributed by atoms with Crippen LogP contribution < -0.4 is 5.73 Å². The number of nitrogens with zero attached hydrogens (tertiary/aromatic N) is 2. The van der Waals surface area contributed by atoms with Gasteiger partial charge in [-0.25, -0.2) is 0 Å². The summed E-state index contributed by atoms with van der Waals surface area (Å²) in [4.78, 5) is 20.6. The van der Waals surface area contributed by atoms with Gasteiger partial charge in [0.1, 0.15) is 5.57 Å². The predicted molar refractivity (Wildman–Crippen MR) is 27.1 cm³/mol. The number of nitrogens with two attached hydrogens (primary N) is 1. The largest absolute Gasteiger partial charge is 0.365 e. The minimum Gasteiger partial charge on any atom is -0.365 e. The molecule has 46 valence electrons. The summed E-state index contributed by atoms with van der Waals surface area (Å²) in [6.45, 7) is 0. The van der Waals surface area contributed by atoms with Crippen LogP contribution in [0.5, 0.6) is 0 Å². The molecule has 1 heterocycles. The minimum atomic E-state index is -0.787. The highest BCUT2D eigenvalue weighted by molar-refractivity contribution is 6.18. The zero-order valence-corrected chi connectivity index (χ0v) is 4.37. The van der Waals surface area contributed by atoms with Crippen molar-refractivity contribution in [2.45, 2.75) is 0 Å². The molecule has 2 amide bonds. The van der Waals surface area contributed by atoms with Crippen LogP contribution in [0.2, 0.25) is 0 Å². The Balaban J connectivity index is 2.88. The Labute approximate surface area is 50.2 Å². The van der Waals surface area contributed by atoms with Gasteiger partial charge in [0.15, 0.2) is 0 Å². The molecule has 1 aliphatic rings. The van der Waals surface area contributed by atoms with Crippen molar-refractivity contribution >= 4 is 11.8 Å². The van der Waals surface area contributed by atoms with E-state index in [1.54, 1.807) is 0 Å². The number of azo groups is 1. The molecule has 0 bridgehead atoms. The Morgan fingerprint density at radius 3 is 2.56 bits per heavy atom. The molecule has 0 atom stereocenters. The normalized spacial score (nSPS) is 16.0. The van der Waals surface area contributed by atoms with E-state index >= 15 is 0 Å². The molecule has 0 aromatic heterocycles. The van der Waals surface area contributed by atoms with E-state index < -0.39 is 11.8 Å². The Hall–Kier alpha value is -1.52. The molecule has 0 fully saturated rings. The van der Waals surface area contributed by atoms with Gasteiger partial charge in [0.25, 0.3) is 5.91 Å². The summed E-state index contributed by atoms with van der Waals surface area (Å²) >= 11 is 0. The Kier molecular flexibility index (Phi) is 1.11. The number of hydrogen-bond acceptors (Lipinski definition) is 3. The summed E-state index contributed by atoms with van der Waals surface area (Å²) in [6, 6.07) is 0. The van der Waals surface area contributed by atoms with Gasteiger partial charge in [-0.1, -0.05) is 0 Å². The third kappa shape index (κ3) is 0.835. The first-order valence-corrected chi connectivity index (χ1v) is 2.17. The van der Waals surface area contributed by atoms with Crippen LogP contribution in [0.1, 0.15) is 0 Å². The molecule has 0 saturated heterocycles. The van der Waals surface area contributed by atoms with Crippen molar-refractivity contribution in [1.29, 1.82) is 0 Å². The molecule has 0 saturated carbocycles. The smallest absolute Gasteiger partial charge is 0.302 e. The van der Waals surface area contributed by atoms with Crippen LogP contribution in [0, 0.1) is 0 Å². The van der Waals surface area contributed by atoms with Crippen LogP contribution in [0.3, 0.4) is 0 Å². The molecule has 0 radical (unpaired) electrons. The van der Waals surface area contributed by atoms with E-state index in [9.17, 15) is 9.59 Å². The number of hydrogen-bond donors (Lipinski definition) is 1. The van der Waals surface area contributed by atoms with Gasteiger partial charge in [0.05, 0.1) is 6.20 Å². The van der Waals surface area contributed by atoms with E-state index in [1.165, 1.54) is 0 Å². The van der Waals surface area contributed by atoms with Crippen molar-refractivity contribution in [3.63, 3.8) is 0 Å². The highest BCUT2D eigenvalue weighted by atomic mass is 16.2. The second-order valence-electron chi connectivity index (χ2n) is 1.43. The van der Waals surface area contributed by atoms with Crippen molar-refractivity contribution in [3.05, 3.63) is 11.8 Å². The Morgan fingerprint density at radius 2 is 2.33 bits per heavy atom. The van der Waals surface area contributed by atoms with Gasteiger partial charge in [-0.3, -0.25) is 9.59 Å². The predicted octanol–water partition coefficient (Wildman–Crippen LogP) is -0.652. The van der Waals surface area contributed by atoms with Crippen molar-refractivity contribution in [2.24, 2.45) is 16.0 Å². The lowest BCUT2D eigenvalue weighted by Gasteiger charge is -1.84. The molecule has 0 aliphatic carbocycles. The van der Waals surface area contributed by atoms with Crippen LogP contribution in [0.4, 0.5) is 0 Å². The number of carbonyl (C=O) groups is 2. The molecule has 5 nitrogen and oxygen atoms in total. The van der Waals surface area contributed by atoms with Gasteiger partial charge < -0.3 is 5.73 Å². The third-order valence-corrected chi connectivity index (χ3v) is 0.831.